The van der Waals surface area contributed by atoms with Gasteiger partial charge in [-0.1, -0.05) is 24.3 Å². The first-order valence-electron chi connectivity index (χ1n) is 8.51. The molecule has 0 N–H and O–H groups in total. The topological polar surface area (TPSA) is 81.9 Å². The van der Waals surface area contributed by atoms with Gasteiger partial charge in [0.1, 0.15) is 5.65 Å². The van der Waals surface area contributed by atoms with Gasteiger partial charge in [0.2, 0.25) is 15.0 Å². The Bertz CT molecular complexity index is 1180. The van der Waals surface area contributed by atoms with E-state index >= 15 is 0 Å². The van der Waals surface area contributed by atoms with Gasteiger partial charge in [-0.3, -0.25) is 9.36 Å². The summed E-state index contributed by atoms with van der Waals surface area (Å²) < 4.78 is 25.3. The number of sulfone groups is 1. The van der Waals surface area contributed by atoms with Crippen LogP contribution in [0.2, 0.25) is 0 Å². The number of rotatable bonds is 4. The van der Waals surface area contributed by atoms with Gasteiger partial charge in [-0.05, 0) is 42.9 Å². The van der Waals surface area contributed by atoms with Crippen LogP contribution >= 0.6 is 0 Å². The van der Waals surface area contributed by atoms with Crippen LogP contribution in [0.3, 0.4) is 0 Å². The SMILES string of the molecule is Cc1ccccc1-c1cc2cnc(S(C)(=O)=O)nc2n(CC2CC2)c1=O. The third-order valence-electron chi connectivity index (χ3n) is 4.71. The highest BCUT2D eigenvalue weighted by Gasteiger charge is 2.25. The van der Waals surface area contributed by atoms with Crippen LogP contribution in [0.1, 0.15) is 18.4 Å². The zero-order chi connectivity index (χ0) is 18.5. The van der Waals surface area contributed by atoms with E-state index in [2.05, 4.69) is 9.97 Å². The van der Waals surface area contributed by atoms with Crippen molar-refractivity contribution in [3.05, 3.63) is 52.4 Å². The molecule has 1 saturated carbocycles. The summed E-state index contributed by atoms with van der Waals surface area (Å²) in [4.78, 5) is 21.4. The fraction of sp³-hybridized carbons (Fsp3) is 0.316. The van der Waals surface area contributed by atoms with Crippen molar-refractivity contribution >= 4 is 20.9 Å². The Kier molecular flexibility index (Phi) is 3.91. The lowest BCUT2D eigenvalue weighted by atomic mass is 10.0. The molecule has 0 radical (unpaired) electrons. The molecule has 134 valence electrons. The number of aromatic nitrogens is 3. The van der Waals surface area contributed by atoms with Crippen LogP contribution in [0, 0.1) is 12.8 Å². The van der Waals surface area contributed by atoms with Crippen molar-refractivity contribution in [1.29, 1.82) is 0 Å². The summed E-state index contributed by atoms with van der Waals surface area (Å²) in [7, 11) is -3.54. The molecule has 1 aliphatic rings. The molecule has 1 aliphatic carbocycles. The Balaban J connectivity index is 2.03. The summed E-state index contributed by atoms with van der Waals surface area (Å²) in [6.45, 7) is 2.52. The molecule has 4 rings (SSSR count). The van der Waals surface area contributed by atoms with Crippen molar-refractivity contribution in [1.82, 2.24) is 14.5 Å². The second-order valence-corrected chi connectivity index (χ2v) is 8.85. The number of fused-ring (bicyclic) bond motifs is 1. The maximum atomic E-state index is 13.2. The maximum absolute atomic E-state index is 13.2. The predicted molar refractivity (Wildman–Crippen MR) is 99.8 cm³/mol. The molecule has 0 saturated heterocycles. The van der Waals surface area contributed by atoms with Gasteiger partial charge in [-0.2, -0.15) is 4.98 Å². The molecule has 0 bridgehead atoms. The minimum absolute atomic E-state index is 0.142. The Morgan fingerprint density at radius 2 is 1.92 bits per heavy atom. The van der Waals surface area contributed by atoms with Crippen molar-refractivity contribution in [3.8, 4) is 11.1 Å². The average molecular weight is 369 g/mol. The fourth-order valence-electron chi connectivity index (χ4n) is 3.12. The van der Waals surface area contributed by atoms with Crippen LogP contribution in [-0.4, -0.2) is 29.2 Å². The largest absolute Gasteiger partial charge is 0.292 e. The highest BCUT2D eigenvalue weighted by molar-refractivity contribution is 7.90. The van der Waals surface area contributed by atoms with E-state index in [1.54, 1.807) is 10.6 Å². The summed E-state index contributed by atoms with van der Waals surface area (Å²) in [6.07, 6.45) is 4.71. The molecule has 2 aromatic heterocycles. The lowest BCUT2D eigenvalue weighted by molar-refractivity contribution is 0.590. The minimum atomic E-state index is -3.54. The summed E-state index contributed by atoms with van der Waals surface area (Å²) in [6, 6.07) is 9.48. The first-order chi connectivity index (χ1) is 12.3. The molecule has 6 nitrogen and oxygen atoms in total. The van der Waals surface area contributed by atoms with Crippen LogP contribution in [0.15, 0.2) is 46.5 Å². The molecule has 1 fully saturated rings. The molecule has 7 heteroatoms. The Hall–Kier alpha value is -2.54. The van der Waals surface area contributed by atoms with Gasteiger partial charge in [0.15, 0.2) is 0 Å². The first-order valence-corrected chi connectivity index (χ1v) is 10.4. The number of benzene rings is 1. The van der Waals surface area contributed by atoms with E-state index in [1.807, 2.05) is 31.2 Å². The first kappa shape index (κ1) is 16.9. The number of aryl methyl sites for hydroxylation is 1. The zero-order valence-electron chi connectivity index (χ0n) is 14.6. The van der Waals surface area contributed by atoms with Gasteiger partial charge in [0.25, 0.3) is 5.56 Å². The lowest BCUT2D eigenvalue weighted by Gasteiger charge is -2.13. The molecule has 1 aromatic carbocycles. The molecule has 0 unspecified atom stereocenters. The van der Waals surface area contributed by atoms with Gasteiger partial charge < -0.3 is 0 Å². The predicted octanol–water partition coefficient (Wildman–Crippen LogP) is 2.58. The third kappa shape index (κ3) is 3.03. The number of hydrogen-bond acceptors (Lipinski definition) is 5. The van der Waals surface area contributed by atoms with Crippen molar-refractivity contribution in [2.75, 3.05) is 6.26 Å². The summed E-state index contributed by atoms with van der Waals surface area (Å²) in [5, 5.41) is 0.411. The van der Waals surface area contributed by atoms with Crippen LogP contribution < -0.4 is 5.56 Å². The molecular weight excluding hydrogens is 350 g/mol. The van der Waals surface area contributed by atoms with Crippen molar-refractivity contribution in [2.24, 2.45) is 5.92 Å². The van der Waals surface area contributed by atoms with E-state index in [9.17, 15) is 13.2 Å². The van der Waals surface area contributed by atoms with Crippen molar-refractivity contribution < 1.29 is 8.42 Å². The average Bonchev–Trinajstić information content (AvgIpc) is 3.41. The minimum Gasteiger partial charge on any atom is -0.292 e. The lowest BCUT2D eigenvalue weighted by Crippen LogP contribution is -2.24. The van der Waals surface area contributed by atoms with E-state index < -0.39 is 9.84 Å². The van der Waals surface area contributed by atoms with Crippen LogP contribution in [-0.2, 0) is 16.4 Å². The van der Waals surface area contributed by atoms with Gasteiger partial charge in [0, 0.05) is 29.9 Å². The maximum Gasteiger partial charge on any atom is 0.260 e. The van der Waals surface area contributed by atoms with Crippen molar-refractivity contribution in [2.45, 2.75) is 31.5 Å². The Morgan fingerprint density at radius 1 is 1.19 bits per heavy atom. The van der Waals surface area contributed by atoms with E-state index in [1.165, 1.54) is 6.20 Å². The molecule has 2 heterocycles. The highest BCUT2D eigenvalue weighted by atomic mass is 32.2. The second kappa shape index (κ2) is 6.02. The summed E-state index contributed by atoms with van der Waals surface area (Å²) in [5.41, 5.74) is 2.71. The van der Waals surface area contributed by atoms with Crippen LogP contribution in [0.4, 0.5) is 0 Å². The van der Waals surface area contributed by atoms with Gasteiger partial charge in [-0.25, -0.2) is 13.4 Å². The second-order valence-electron chi connectivity index (χ2n) is 6.94. The highest BCUT2D eigenvalue weighted by Crippen LogP contribution is 2.32. The molecule has 0 spiro atoms. The quantitative estimate of drug-likeness (QED) is 0.660. The van der Waals surface area contributed by atoms with E-state index in [0.29, 0.717) is 29.1 Å². The smallest absolute Gasteiger partial charge is 0.260 e. The van der Waals surface area contributed by atoms with Gasteiger partial charge in [-0.15, -0.1) is 0 Å². The summed E-state index contributed by atoms with van der Waals surface area (Å²) >= 11 is 0. The van der Waals surface area contributed by atoms with E-state index in [4.69, 9.17) is 0 Å². The normalized spacial score (nSPS) is 14.7. The van der Waals surface area contributed by atoms with Crippen LogP contribution in [0.25, 0.3) is 22.2 Å². The molecular formula is C19H19N3O3S. The molecule has 26 heavy (non-hydrogen) atoms. The molecule has 0 aliphatic heterocycles. The summed E-state index contributed by atoms with van der Waals surface area (Å²) in [5.74, 6) is 0.444. The third-order valence-corrected chi connectivity index (χ3v) is 5.57. The van der Waals surface area contributed by atoms with Crippen molar-refractivity contribution in [3.63, 3.8) is 0 Å². The Morgan fingerprint density at radius 3 is 2.58 bits per heavy atom. The van der Waals surface area contributed by atoms with Gasteiger partial charge >= 0.3 is 0 Å². The number of nitrogens with zero attached hydrogens (tertiary/aromatic N) is 3. The van der Waals surface area contributed by atoms with Crippen LogP contribution in [0.5, 0.6) is 0 Å². The van der Waals surface area contributed by atoms with Gasteiger partial charge in [0.05, 0.1) is 0 Å². The number of pyridine rings is 1. The molecule has 0 atom stereocenters. The monoisotopic (exact) mass is 369 g/mol. The fourth-order valence-corrected chi connectivity index (χ4v) is 3.61. The Labute approximate surface area is 151 Å². The molecule has 3 aromatic rings. The number of hydrogen-bond donors (Lipinski definition) is 0. The zero-order valence-corrected chi connectivity index (χ0v) is 15.5. The van der Waals surface area contributed by atoms with E-state index in [-0.39, 0.29) is 10.7 Å². The standard InChI is InChI=1S/C19H19N3O3S/c1-12-5-3-4-6-15(12)16-9-14-10-20-19(26(2,24)25)21-17(14)22(18(16)23)11-13-7-8-13/h3-6,9-10,13H,7-8,11H2,1-2H3. The van der Waals surface area contributed by atoms with E-state index in [0.717, 1.165) is 30.2 Å². The molecule has 0 amide bonds.